The van der Waals surface area contributed by atoms with Gasteiger partial charge in [-0.25, -0.2) is 4.98 Å². The summed E-state index contributed by atoms with van der Waals surface area (Å²) >= 11 is 1.36. The first-order valence-electron chi connectivity index (χ1n) is 5.89. The minimum atomic E-state index is 0.0793. The largest absolute Gasteiger partial charge is 0.375 e. The monoisotopic (exact) mass is 260 g/mol. The van der Waals surface area contributed by atoms with Crippen LogP contribution < -0.4 is 5.73 Å². The molecular weight excluding hydrogens is 244 g/mol. The van der Waals surface area contributed by atoms with Crippen molar-refractivity contribution in [2.24, 2.45) is 0 Å². The summed E-state index contributed by atoms with van der Waals surface area (Å²) in [5, 5.41) is 2.34. The quantitative estimate of drug-likeness (QED) is 0.858. The fraction of sp³-hybridized carbons (Fsp3) is 0.286. The van der Waals surface area contributed by atoms with E-state index in [1.807, 2.05) is 29.6 Å². The van der Waals surface area contributed by atoms with Crippen LogP contribution in [0, 0.1) is 0 Å². The highest BCUT2D eigenvalue weighted by Gasteiger charge is 2.09. The first-order valence-corrected chi connectivity index (χ1v) is 6.77. The van der Waals surface area contributed by atoms with Crippen LogP contribution in [0.25, 0.3) is 0 Å². The van der Waals surface area contributed by atoms with Crippen LogP contribution in [-0.4, -0.2) is 10.8 Å². The van der Waals surface area contributed by atoms with Gasteiger partial charge in [0.05, 0.1) is 12.1 Å². The molecule has 1 heterocycles. The zero-order chi connectivity index (χ0) is 13.1. The maximum Gasteiger partial charge on any atom is 0.180 e. The fourth-order valence-electron chi connectivity index (χ4n) is 1.72. The van der Waals surface area contributed by atoms with Crippen molar-refractivity contribution in [2.45, 2.75) is 26.2 Å². The van der Waals surface area contributed by atoms with Crippen molar-refractivity contribution in [2.75, 3.05) is 5.73 Å². The summed E-state index contributed by atoms with van der Waals surface area (Å²) in [7, 11) is 0. The molecule has 2 N–H and O–H groups in total. The molecule has 18 heavy (non-hydrogen) atoms. The number of ketones is 1. The van der Waals surface area contributed by atoms with Crippen molar-refractivity contribution in [3.8, 4) is 0 Å². The number of Topliss-reactive ketones (excluding diaryl/α,β-unsaturated/α-hetero) is 1. The molecule has 0 radical (unpaired) electrons. The maximum atomic E-state index is 12.0. The summed E-state index contributed by atoms with van der Waals surface area (Å²) in [6.45, 7) is 4.27. The molecule has 0 amide bonds. The van der Waals surface area contributed by atoms with Gasteiger partial charge in [-0.1, -0.05) is 38.1 Å². The number of nitrogens with zero attached hydrogens (tertiary/aromatic N) is 1. The summed E-state index contributed by atoms with van der Waals surface area (Å²) in [5.41, 5.74) is 8.26. The number of carbonyl (C=O) groups is 1. The van der Waals surface area contributed by atoms with Gasteiger partial charge in [0.25, 0.3) is 0 Å². The number of hydrogen-bond donors (Lipinski definition) is 1. The van der Waals surface area contributed by atoms with Crippen LogP contribution in [0.2, 0.25) is 0 Å². The molecule has 0 saturated carbocycles. The first kappa shape index (κ1) is 12.8. The number of anilines is 1. The lowest BCUT2D eigenvalue weighted by atomic mass is 9.99. The Hall–Kier alpha value is -1.68. The average Bonchev–Trinajstić information content (AvgIpc) is 2.75. The molecule has 0 spiro atoms. The van der Waals surface area contributed by atoms with Crippen LogP contribution in [-0.2, 0) is 6.42 Å². The van der Waals surface area contributed by atoms with E-state index in [4.69, 9.17) is 5.73 Å². The Morgan fingerprint density at radius 1 is 1.33 bits per heavy atom. The van der Waals surface area contributed by atoms with Gasteiger partial charge in [-0.05, 0) is 11.5 Å². The van der Waals surface area contributed by atoms with E-state index in [0.717, 1.165) is 11.3 Å². The summed E-state index contributed by atoms with van der Waals surface area (Å²) in [6, 6.07) is 7.78. The summed E-state index contributed by atoms with van der Waals surface area (Å²) in [5.74, 6) is 0.558. The molecule has 0 unspecified atom stereocenters. The number of rotatable bonds is 4. The topological polar surface area (TPSA) is 56.0 Å². The normalized spacial score (nSPS) is 10.8. The lowest BCUT2D eigenvalue weighted by molar-refractivity contribution is 0.0992. The Labute approximate surface area is 111 Å². The van der Waals surface area contributed by atoms with Crippen molar-refractivity contribution >= 4 is 22.3 Å². The van der Waals surface area contributed by atoms with Crippen LogP contribution in [0.5, 0.6) is 0 Å². The van der Waals surface area contributed by atoms with Crippen molar-refractivity contribution in [3.05, 3.63) is 46.5 Å². The number of carbonyl (C=O) groups excluding carboxylic acids is 1. The second kappa shape index (κ2) is 5.31. The van der Waals surface area contributed by atoms with E-state index in [-0.39, 0.29) is 5.78 Å². The standard InChI is InChI=1S/C14H16N2OS/c1-9(2)10-3-5-11(6-4-10)13(17)7-12-8-18-14(15)16-12/h3-6,8-9H,7H2,1-2H3,(H2,15,16). The number of nitrogen functional groups attached to an aromatic ring is 1. The zero-order valence-electron chi connectivity index (χ0n) is 10.5. The molecule has 0 bridgehead atoms. The van der Waals surface area contributed by atoms with E-state index < -0.39 is 0 Å². The van der Waals surface area contributed by atoms with E-state index in [0.29, 0.717) is 17.5 Å². The summed E-state index contributed by atoms with van der Waals surface area (Å²) in [6.07, 6.45) is 0.314. The van der Waals surface area contributed by atoms with Gasteiger partial charge < -0.3 is 5.73 Å². The van der Waals surface area contributed by atoms with E-state index in [1.54, 1.807) is 0 Å². The lowest BCUT2D eigenvalue weighted by Crippen LogP contribution is -2.04. The molecule has 0 aliphatic carbocycles. The van der Waals surface area contributed by atoms with Crippen molar-refractivity contribution < 1.29 is 4.79 Å². The molecule has 1 aromatic carbocycles. The fourth-order valence-corrected chi connectivity index (χ4v) is 2.29. The molecular formula is C14H16N2OS. The van der Waals surface area contributed by atoms with Gasteiger partial charge >= 0.3 is 0 Å². The van der Waals surface area contributed by atoms with Crippen LogP contribution in [0.1, 0.15) is 41.4 Å². The molecule has 0 saturated heterocycles. The Bertz CT molecular complexity index is 543. The third-order valence-electron chi connectivity index (χ3n) is 2.81. The summed E-state index contributed by atoms with van der Waals surface area (Å²) < 4.78 is 0. The molecule has 0 aliphatic heterocycles. The van der Waals surface area contributed by atoms with Gasteiger partial charge in [0.1, 0.15) is 0 Å². The van der Waals surface area contributed by atoms with E-state index in [9.17, 15) is 4.79 Å². The Balaban J connectivity index is 2.09. The van der Waals surface area contributed by atoms with Crippen LogP contribution in [0.15, 0.2) is 29.6 Å². The van der Waals surface area contributed by atoms with E-state index >= 15 is 0 Å². The van der Waals surface area contributed by atoms with Crippen LogP contribution >= 0.6 is 11.3 Å². The number of nitrogens with two attached hydrogens (primary N) is 1. The third kappa shape index (κ3) is 2.96. The Morgan fingerprint density at radius 3 is 2.50 bits per heavy atom. The second-order valence-electron chi connectivity index (χ2n) is 4.55. The van der Waals surface area contributed by atoms with E-state index in [1.165, 1.54) is 16.9 Å². The lowest BCUT2D eigenvalue weighted by Gasteiger charge is -2.05. The highest BCUT2D eigenvalue weighted by molar-refractivity contribution is 7.13. The summed E-state index contributed by atoms with van der Waals surface area (Å²) in [4.78, 5) is 16.1. The average molecular weight is 260 g/mol. The van der Waals surface area contributed by atoms with Gasteiger partial charge in [0, 0.05) is 10.9 Å². The SMILES string of the molecule is CC(C)c1ccc(C(=O)Cc2csc(N)n2)cc1. The highest BCUT2D eigenvalue weighted by Crippen LogP contribution is 2.17. The molecule has 2 aromatic rings. The van der Waals surface area contributed by atoms with Gasteiger partial charge in [0.2, 0.25) is 0 Å². The van der Waals surface area contributed by atoms with Crippen molar-refractivity contribution in [1.29, 1.82) is 0 Å². The highest BCUT2D eigenvalue weighted by atomic mass is 32.1. The van der Waals surface area contributed by atoms with Crippen molar-refractivity contribution in [3.63, 3.8) is 0 Å². The van der Waals surface area contributed by atoms with Crippen molar-refractivity contribution in [1.82, 2.24) is 4.98 Å². The van der Waals surface area contributed by atoms with Gasteiger partial charge in [0.15, 0.2) is 10.9 Å². The van der Waals surface area contributed by atoms with Crippen LogP contribution in [0.3, 0.4) is 0 Å². The molecule has 94 valence electrons. The minimum absolute atomic E-state index is 0.0793. The van der Waals surface area contributed by atoms with Crippen LogP contribution in [0.4, 0.5) is 5.13 Å². The van der Waals surface area contributed by atoms with Gasteiger partial charge in [-0.2, -0.15) is 0 Å². The third-order valence-corrected chi connectivity index (χ3v) is 3.53. The molecule has 1 aromatic heterocycles. The number of aromatic nitrogens is 1. The van der Waals surface area contributed by atoms with Gasteiger partial charge in [-0.3, -0.25) is 4.79 Å². The van der Waals surface area contributed by atoms with E-state index in [2.05, 4.69) is 18.8 Å². The molecule has 0 atom stereocenters. The minimum Gasteiger partial charge on any atom is -0.375 e. The molecule has 0 fully saturated rings. The molecule has 0 aliphatic rings. The maximum absolute atomic E-state index is 12.0. The predicted octanol–water partition coefficient (Wildman–Crippen LogP) is 3.27. The van der Waals surface area contributed by atoms with Gasteiger partial charge in [-0.15, -0.1) is 11.3 Å². The molecule has 4 heteroatoms. The Kier molecular flexibility index (Phi) is 3.77. The predicted molar refractivity (Wildman–Crippen MR) is 75.1 cm³/mol. The molecule has 2 rings (SSSR count). The Morgan fingerprint density at radius 2 is 2.00 bits per heavy atom. The smallest absolute Gasteiger partial charge is 0.180 e. The first-order chi connectivity index (χ1) is 8.56. The second-order valence-corrected chi connectivity index (χ2v) is 5.44. The zero-order valence-corrected chi connectivity index (χ0v) is 11.3. The number of hydrogen-bond acceptors (Lipinski definition) is 4. The number of benzene rings is 1. The molecule has 3 nitrogen and oxygen atoms in total. The number of thiazole rings is 1.